The second-order valence-electron chi connectivity index (χ2n) is 7.80. The minimum Gasteiger partial charge on any atom is -0.0616 e. The molecule has 0 saturated heterocycles. The number of hydrogen-bond acceptors (Lipinski definition) is 0. The van der Waals surface area contributed by atoms with E-state index in [2.05, 4.69) is 121 Å². The first-order valence-electron chi connectivity index (χ1n) is 10.4. The van der Waals surface area contributed by atoms with E-state index in [9.17, 15) is 0 Å². The number of fused-ring (bicyclic) bond motifs is 4. The molecule has 6 rings (SSSR count). The topological polar surface area (TPSA) is 0 Å². The molecule has 0 radical (unpaired) electrons. The molecule has 0 heteroatoms. The van der Waals surface area contributed by atoms with E-state index in [0.717, 1.165) is 0 Å². The van der Waals surface area contributed by atoms with Gasteiger partial charge in [-0.25, -0.2) is 0 Å². The molecule has 6 aromatic carbocycles. The van der Waals surface area contributed by atoms with Gasteiger partial charge in [0.1, 0.15) is 0 Å². The third-order valence-corrected chi connectivity index (χ3v) is 6.04. The fraction of sp³-hybridized carbons (Fsp3) is 0. The fourth-order valence-electron chi connectivity index (χ4n) is 4.62. The maximum Gasteiger partial charge on any atom is -0.00992 e. The van der Waals surface area contributed by atoms with Crippen molar-refractivity contribution in [2.45, 2.75) is 0 Å². The van der Waals surface area contributed by atoms with Gasteiger partial charge in [0.15, 0.2) is 0 Å². The molecule has 0 aromatic heterocycles. The highest BCUT2D eigenvalue weighted by atomic mass is 14.1. The normalized spacial score (nSPS) is 11.9. The van der Waals surface area contributed by atoms with Gasteiger partial charge in [-0.15, -0.1) is 0 Å². The Bertz CT molecular complexity index is 1360. The molecule has 0 heterocycles. The van der Waals surface area contributed by atoms with Gasteiger partial charge in [0.2, 0.25) is 0 Å². The van der Waals surface area contributed by atoms with Crippen LogP contribution in [-0.4, -0.2) is 0 Å². The molecule has 0 N–H and O–H groups in total. The Morgan fingerprint density at radius 3 is 0.900 bits per heavy atom. The fourth-order valence-corrected chi connectivity index (χ4v) is 4.62. The highest BCUT2D eigenvalue weighted by Crippen LogP contribution is 2.33. The summed E-state index contributed by atoms with van der Waals surface area (Å²) >= 11 is 0. The van der Waals surface area contributed by atoms with Crippen molar-refractivity contribution in [3.05, 3.63) is 120 Å². The minimum atomic E-state index is 1.28. The standard InChI is InChI=1S/C30H20/c1-5-13-25-21(9-1)19-22-10-2-6-14-26(22)29(25)17-18-30-27-15-7-3-11-23(27)20-24-12-4-8-16-28(24)30/h1-20H/b18-17+. The van der Waals surface area contributed by atoms with E-state index in [0.29, 0.717) is 0 Å². The first kappa shape index (κ1) is 17.0. The van der Waals surface area contributed by atoms with E-state index in [-0.39, 0.29) is 0 Å². The Morgan fingerprint density at radius 1 is 0.333 bits per heavy atom. The van der Waals surface area contributed by atoms with Crippen molar-refractivity contribution in [3.63, 3.8) is 0 Å². The van der Waals surface area contributed by atoms with Crippen molar-refractivity contribution < 1.29 is 0 Å². The van der Waals surface area contributed by atoms with Crippen molar-refractivity contribution in [1.29, 1.82) is 0 Å². The van der Waals surface area contributed by atoms with Crippen molar-refractivity contribution in [2.24, 2.45) is 0 Å². The predicted molar refractivity (Wildman–Crippen MR) is 132 cm³/mol. The molecule has 0 fully saturated rings. The zero-order chi connectivity index (χ0) is 19.9. The van der Waals surface area contributed by atoms with Gasteiger partial charge in [-0.2, -0.15) is 0 Å². The summed E-state index contributed by atoms with van der Waals surface area (Å²) in [4.78, 5) is 0. The van der Waals surface area contributed by atoms with E-state index in [1.807, 2.05) is 0 Å². The lowest BCUT2D eigenvalue weighted by atomic mass is 9.93. The van der Waals surface area contributed by atoms with Crippen LogP contribution < -0.4 is 0 Å². The van der Waals surface area contributed by atoms with Gasteiger partial charge in [-0.1, -0.05) is 109 Å². The zero-order valence-corrected chi connectivity index (χ0v) is 16.5. The molecule has 30 heavy (non-hydrogen) atoms. The minimum absolute atomic E-state index is 1.28. The van der Waals surface area contributed by atoms with Crippen molar-refractivity contribution in [3.8, 4) is 0 Å². The Morgan fingerprint density at radius 2 is 0.600 bits per heavy atom. The Hall–Kier alpha value is -3.90. The summed E-state index contributed by atoms with van der Waals surface area (Å²) in [7, 11) is 0. The number of hydrogen-bond donors (Lipinski definition) is 0. The van der Waals surface area contributed by atoms with Crippen LogP contribution >= 0.6 is 0 Å². The van der Waals surface area contributed by atoms with Crippen molar-refractivity contribution >= 4 is 55.2 Å². The SMILES string of the molecule is C(=C\c1c2ccccc2cc2ccccc12)/c1c2ccccc2cc2ccccc12. The lowest BCUT2D eigenvalue weighted by Gasteiger charge is -2.10. The van der Waals surface area contributed by atoms with E-state index in [1.165, 1.54) is 54.2 Å². The summed E-state index contributed by atoms with van der Waals surface area (Å²) in [5.41, 5.74) is 2.56. The molecule has 0 bridgehead atoms. The molecule has 140 valence electrons. The third-order valence-electron chi connectivity index (χ3n) is 6.04. The van der Waals surface area contributed by atoms with Crippen LogP contribution in [0.1, 0.15) is 11.1 Å². The quantitative estimate of drug-likeness (QED) is 0.209. The lowest BCUT2D eigenvalue weighted by Crippen LogP contribution is -1.85. The largest absolute Gasteiger partial charge is 0.0616 e. The van der Waals surface area contributed by atoms with Gasteiger partial charge in [0.05, 0.1) is 0 Å². The van der Waals surface area contributed by atoms with E-state index in [4.69, 9.17) is 0 Å². The van der Waals surface area contributed by atoms with Crippen molar-refractivity contribution in [1.82, 2.24) is 0 Å². The highest BCUT2D eigenvalue weighted by Gasteiger charge is 2.07. The first-order chi connectivity index (χ1) is 14.9. The Kier molecular flexibility index (Phi) is 3.89. The molecule has 6 aromatic rings. The van der Waals surface area contributed by atoms with E-state index in [1.54, 1.807) is 0 Å². The Balaban J connectivity index is 1.67. The second-order valence-corrected chi connectivity index (χ2v) is 7.80. The molecule has 0 saturated carbocycles. The van der Waals surface area contributed by atoms with Gasteiger partial charge in [0.25, 0.3) is 0 Å². The molecule has 0 aliphatic heterocycles. The zero-order valence-electron chi connectivity index (χ0n) is 16.5. The van der Waals surface area contributed by atoms with Crippen LogP contribution in [0.25, 0.3) is 55.2 Å². The van der Waals surface area contributed by atoms with E-state index >= 15 is 0 Å². The number of benzene rings is 6. The van der Waals surface area contributed by atoms with Crippen LogP contribution in [0.15, 0.2) is 109 Å². The molecular weight excluding hydrogens is 360 g/mol. The van der Waals surface area contributed by atoms with Gasteiger partial charge in [-0.3, -0.25) is 0 Å². The summed E-state index contributed by atoms with van der Waals surface area (Å²) in [5, 5.41) is 10.3. The van der Waals surface area contributed by atoms with Crippen LogP contribution in [0.2, 0.25) is 0 Å². The second kappa shape index (κ2) is 6.86. The van der Waals surface area contributed by atoms with Crippen LogP contribution in [0.4, 0.5) is 0 Å². The summed E-state index contributed by atoms with van der Waals surface area (Å²) in [6.07, 6.45) is 4.61. The molecular formula is C30H20. The van der Waals surface area contributed by atoms with Crippen LogP contribution in [0.5, 0.6) is 0 Å². The van der Waals surface area contributed by atoms with E-state index < -0.39 is 0 Å². The van der Waals surface area contributed by atoms with Crippen LogP contribution in [0, 0.1) is 0 Å². The molecule has 0 aliphatic rings. The molecule has 0 nitrogen and oxygen atoms in total. The monoisotopic (exact) mass is 380 g/mol. The summed E-state index contributed by atoms with van der Waals surface area (Å²) in [6.45, 7) is 0. The van der Waals surface area contributed by atoms with Crippen LogP contribution in [-0.2, 0) is 0 Å². The molecule has 0 atom stereocenters. The predicted octanol–water partition coefficient (Wildman–Crippen LogP) is 8.47. The Labute approximate surface area is 175 Å². The summed E-state index contributed by atoms with van der Waals surface area (Å²) in [5.74, 6) is 0. The summed E-state index contributed by atoms with van der Waals surface area (Å²) in [6, 6.07) is 39.2. The third kappa shape index (κ3) is 2.69. The maximum absolute atomic E-state index is 2.30. The van der Waals surface area contributed by atoms with Crippen LogP contribution in [0.3, 0.4) is 0 Å². The van der Waals surface area contributed by atoms with Gasteiger partial charge in [-0.05, 0) is 66.3 Å². The van der Waals surface area contributed by atoms with Gasteiger partial charge < -0.3 is 0 Å². The lowest BCUT2D eigenvalue weighted by molar-refractivity contribution is 1.73. The number of rotatable bonds is 2. The smallest absolute Gasteiger partial charge is 0.00992 e. The van der Waals surface area contributed by atoms with Gasteiger partial charge >= 0.3 is 0 Å². The first-order valence-corrected chi connectivity index (χ1v) is 10.4. The average Bonchev–Trinajstić information content (AvgIpc) is 2.81. The molecule has 0 unspecified atom stereocenters. The molecule has 0 spiro atoms. The molecule has 0 amide bonds. The summed E-state index contributed by atoms with van der Waals surface area (Å²) < 4.78 is 0. The van der Waals surface area contributed by atoms with Gasteiger partial charge in [0, 0.05) is 0 Å². The molecule has 0 aliphatic carbocycles. The maximum atomic E-state index is 2.30. The average molecular weight is 380 g/mol. The van der Waals surface area contributed by atoms with Crippen molar-refractivity contribution in [2.75, 3.05) is 0 Å². The highest BCUT2D eigenvalue weighted by molar-refractivity contribution is 6.11.